The minimum atomic E-state index is -0.542. The third kappa shape index (κ3) is 3.43. The Hall–Kier alpha value is -1.09. The van der Waals surface area contributed by atoms with Crippen molar-refractivity contribution in [2.24, 2.45) is 5.92 Å². The van der Waals surface area contributed by atoms with E-state index in [0.717, 1.165) is 12.3 Å². The van der Waals surface area contributed by atoms with Crippen LogP contribution in [0.5, 0.6) is 5.75 Å². The van der Waals surface area contributed by atoms with Crippen LogP contribution in [0.25, 0.3) is 0 Å². The van der Waals surface area contributed by atoms with E-state index in [2.05, 4.69) is 12.2 Å². The fourth-order valence-corrected chi connectivity index (χ4v) is 2.11. The molecule has 2 nitrogen and oxygen atoms in total. The first-order chi connectivity index (χ1) is 8.20. The van der Waals surface area contributed by atoms with Crippen LogP contribution in [0.4, 0.5) is 4.39 Å². The Morgan fingerprint density at radius 3 is 2.88 bits per heavy atom. The van der Waals surface area contributed by atoms with Crippen LogP contribution in [0.15, 0.2) is 18.2 Å². The molecule has 1 aliphatic carbocycles. The zero-order valence-electron chi connectivity index (χ0n) is 10.2. The van der Waals surface area contributed by atoms with Crippen molar-refractivity contribution < 1.29 is 9.50 Å². The molecule has 0 spiro atoms. The number of halogens is 1. The first-order valence-corrected chi connectivity index (χ1v) is 6.40. The van der Waals surface area contributed by atoms with Gasteiger partial charge in [0.2, 0.25) is 0 Å². The van der Waals surface area contributed by atoms with Crippen LogP contribution in [-0.4, -0.2) is 11.1 Å². The second kappa shape index (κ2) is 5.50. The van der Waals surface area contributed by atoms with Gasteiger partial charge in [-0.3, -0.25) is 0 Å². The Morgan fingerprint density at radius 1 is 1.47 bits per heavy atom. The molecule has 0 radical (unpaired) electrons. The smallest absolute Gasteiger partial charge is 0.165 e. The van der Waals surface area contributed by atoms with E-state index in [1.807, 2.05) is 0 Å². The number of nitrogens with one attached hydrogen (secondary N) is 1. The van der Waals surface area contributed by atoms with Crippen molar-refractivity contribution in [1.82, 2.24) is 5.32 Å². The van der Waals surface area contributed by atoms with Crippen molar-refractivity contribution in [3.05, 3.63) is 29.6 Å². The van der Waals surface area contributed by atoms with Gasteiger partial charge in [0, 0.05) is 18.2 Å². The van der Waals surface area contributed by atoms with Gasteiger partial charge >= 0.3 is 0 Å². The van der Waals surface area contributed by atoms with Gasteiger partial charge in [0.1, 0.15) is 0 Å². The molecule has 1 aromatic rings. The maximum atomic E-state index is 13.1. The van der Waals surface area contributed by atoms with E-state index in [9.17, 15) is 9.50 Å². The number of benzene rings is 1. The zero-order chi connectivity index (χ0) is 12.3. The SMILES string of the molecule is CCC(CC1CC1)NCc1cccc(F)c1O. The molecule has 1 fully saturated rings. The van der Waals surface area contributed by atoms with Gasteiger partial charge in [-0.2, -0.15) is 0 Å². The lowest BCUT2D eigenvalue weighted by atomic mass is 10.1. The van der Waals surface area contributed by atoms with E-state index < -0.39 is 5.82 Å². The molecular formula is C14H20FNO. The van der Waals surface area contributed by atoms with E-state index in [1.54, 1.807) is 12.1 Å². The summed E-state index contributed by atoms with van der Waals surface area (Å²) in [5.74, 6) is 0.120. The van der Waals surface area contributed by atoms with Crippen LogP contribution >= 0.6 is 0 Å². The van der Waals surface area contributed by atoms with Crippen molar-refractivity contribution in [3.8, 4) is 5.75 Å². The highest BCUT2D eigenvalue weighted by Gasteiger charge is 2.24. The average Bonchev–Trinajstić information content (AvgIpc) is 3.13. The number of phenolic OH excluding ortho intramolecular Hbond substituents is 1. The lowest BCUT2D eigenvalue weighted by molar-refractivity contribution is 0.409. The summed E-state index contributed by atoms with van der Waals surface area (Å²) in [5.41, 5.74) is 0.638. The lowest BCUT2D eigenvalue weighted by Gasteiger charge is -2.17. The van der Waals surface area contributed by atoms with E-state index in [0.29, 0.717) is 18.2 Å². The summed E-state index contributed by atoms with van der Waals surface area (Å²) in [4.78, 5) is 0. The molecule has 0 amide bonds. The van der Waals surface area contributed by atoms with Gasteiger partial charge < -0.3 is 10.4 Å². The van der Waals surface area contributed by atoms with Crippen molar-refractivity contribution in [3.63, 3.8) is 0 Å². The predicted octanol–water partition coefficient (Wildman–Crippen LogP) is 3.20. The van der Waals surface area contributed by atoms with Crippen LogP contribution in [0.1, 0.15) is 38.2 Å². The second-order valence-corrected chi connectivity index (χ2v) is 4.91. The molecule has 17 heavy (non-hydrogen) atoms. The molecule has 0 bridgehead atoms. The number of hydrogen-bond acceptors (Lipinski definition) is 2. The summed E-state index contributed by atoms with van der Waals surface area (Å²) in [6, 6.07) is 5.15. The van der Waals surface area contributed by atoms with Crippen LogP contribution in [0.2, 0.25) is 0 Å². The van der Waals surface area contributed by atoms with Crippen molar-refractivity contribution >= 4 is 0 Å². The van der Waals surface area contributed by atoms with E-state index >= 15 is 0 Å². The number of rotatable bonds is 6. The van der Waals surface area contributed by atoms with Crippen LogP contribution in [-0.2, 0) is 6.54 Å². The molecule has 0 aromatic heterocycles. The molecule has 2 N–H and O–H groups in total. The first-order valence-electron chi connectivity index (χ1n) is 6.40. The number of hydrogen-bond donors (Lipinski definition) is 2. The first kappa shape index (κ1) is 12.4. The fourth-order valence-electron chi connectivity index (χ4n) is 2.11. The highest BCUT2D eigenvalue weighted by molar-refractivity contribution is 5.33. The largest absolute Gasteiger partial charge is 0.505 e. The maximum Gasteiger partial charge on any atom is 0.165 e. The number of phenols is 1. The van der Waals surface area contributed by atoms with E-state index in [4.69, 9.17) is 0 Å². The minimum Gasteiger partial charge on any atom is -0.505 e. The molecule has 1 atom stereocenters. The van der Waals surface area contributed by atoms with Gasteiger partial charge in [-0.05, 0) is 24.8 Å². The molecule has 1 saturated carbocycles. The summed E-state index contributed by atoms with van der Waals surface area (Å²) < 4.78 is 13.1. The summed E-state index contributed by atoms with van der Waals surface area (Å²) in [7, 11) is 0. The second-order valence-electron chi connectivity index (χ2n) is 4.91. The number of aromatic hydroxyl groups is 1. The quantitative estimate of drug-likeness (QED) is 0.796. The average molecular weight is 237 g/mol. The lowest BCUT2D eigenvalue weighted by Crippen LogP contribution is -2.28. The molecule has 1 aliphatic rings. The Bertz CT molecular complexity index is 376. The third-order valence-electron chi connectivity index (χ3n) is 3.46. The molecule has 0 saturated heterocycles. The zero-order valence-corrected chi connectivity index (χ0v) is 10.2. The Balaban J connectivity index is 1.88. The predicted molar refractivity (Wildman–Crippen MR) is 66.3 cm³/mol. The molecule has 94 valence electrons. The Labute approximate surface area is 102 Å². The summed E-state index contributed by atoms with van der Waals surface area (Å²) >= 11 is 0. The third-order valence-corrected chi connectivity index (χ3v) is 3.46. The van der Waals surface area contributed by atoms with Gasteiger partial charge in [-0.1, -0.05) is 31.9 Å². The maximum absolute atomic E-state index is 13.1. The van der Waals surface area contributed by atoms with Crippen molar-refractivity contribution in [2.45, 2.75) is 45.2 Å². The number of para-hydroxylation sites is 1. The standard InChI is InChI=1S/C14H20FNO/c1-2-12(8-10-6-7-10)16-9-11-4-3-5-13(15)14(11)17/h3-5,10,12,16-17H,2,6-9H2,1H3. The van der Waals surface area contributed by atoms with Crippen LogP contribution < -0.4 is 5.32 Å². The summed E-state index contributed by atoms with van der Waals surface area (Å²) in [6.45, 7) is 2.69. The van der Waals surface area contributed by atoms with Crippen LogP contribution in [0, 0.1) is 11.7 Å². The Morgan fingerprint density at radius 2 is 2.24 bits per heavy atom. The highest BCUT2D eigenvalue weighted by atomic mass is 19.1. The van der Waals surface area contributed by atoms with Gasteiger partial charge in [-0.15, -0.1) is 0 Å². The summed E-state index contributed by atoms with van der Waals surface area (Å²) in [5, 5.41) is 13.0. The van der Waals surface area contributed by atoms with Gasteiger partial charge in [0.15, 0.2) is 11.6 Å². The van der Waals surface area contributed by atoms with Crippen molar-refractivity contribution in [2.75, 3.05) is 0 Å². The molecule has 0 aliphatic heterocycles. The molecule has 1 aromatic carbocycles. The van der Waals surface area contributed by atoms with E-state index in [1.165, 1.54) is 25.3 Å². The Kier molecular flexibility index (Phi) is 4.00. The minimum absolute atomic E-state index is 0.221. The topological polar surface area (TPSA) is 32.3 Å². The summed E-state index contributed by atoms with van der Waals surface area (Å²) in [6.07, 6.45) is 4.98. The molecule has 3 heteroatoms. The fraction of sp³-hybridized carbons (Fsp3) is 0.571. The molecular weight excluding hydrogens is 217 g/mol. The van der Waals surface area contributed by atoms with Crippen LogP contribution in [0.3, 0.4) is 0 Å². The van der Waals surface area contributed by atoms with Gasteiger partial charge in [0.05, 0.1) is 0 Å². The van der Waals surface area contributed by atoms with Gasteiger partial charge in [-0.25, -0.2) is 4.39 Å². The van der Waals surface area contributed by atoms with Gasteiger partial charge in [0.25, 0.3) is 0 Å². The molecule has 2 rings (SSSR count). The highest BCUT2D eigenvalue weighted by Crippen LogP contribution is 2.34. The normalized spacial score (nSPS) is 17.1. The monoisotopic (exact) mass is 237 g/mol. The van der Waals surface area contributed by atoms with E-state index in [-0.39, 0.29) is 5.75 Å². The molecule has 0 heterocycles. The van der Waals surface area contributed by atoms with Crippen molar-refractivity contribution in [1.29, 1.82) is 0 Å². The molecule has 1 unspecified atom stereocenters.